The minimum absolute atomic E-state index is 0.0761. The van der Waals surface area contributed by atoms with E-state index in [0.717, 1.165) is 27.8 Å². The van der Waals surface area contributed by atoms with E-state index in [2.05, 4.69) is 23.2 Å². The lowest BCUT2D eigenvalue weighted by atomic mass is 9.97. The van der Waals surface area contributed by atoms with Crippen molar-refractivity contribution in [2.45, 2.75) is 33.4 Å². The fourth-order valence-corrected chi connectivity index (χ4v) is 3.41. The quantitative estimate of drug-likeness (QED) is 0.647. The lowest BCUT2D eigenvalue weighted by molar-refractivity contribution is 0.767. The van der Waals surface area contributed by atoms with E-state index in [1.54, 1.807) is 4.57 Å². The molecular formula is C22H23N3O. The number of hydrogen-bond acceptors (Lipinski definition) is 2. The molecule has 1 aliphatic rings. The second-order valence-electron chi connectivity index (χ2n) is 6.61. The summed E-state index contributed by atoms with van der Waals surface area (Å²) in [7, 11) is 1.87. The van der Waals surface area contributed by atoms with Crippen molar-refractivity contribution in [1.29, 1.82) is 0 Å². The van der Waals surface area contributed by atoms with Gasteiger partial charge < -0.3 is 9.88 Å². The van der Waals surface area contributed by atoms with Crippen LogP contribution in [0.25, 0.3) is 22.0 Å². The molecule has 0 unspecified atom stereocenters. The molecule has 0 atom stereocenters. The number of nitrogens with one attached hydrogen (secondary N) is 1. The van der Waals surface area contributed by atoms with Crippen LogP contribution in [0.4, 0.5) is 5.69 Å². The number of pyridine rings is 1. The Morgan fingerprint density at radius 2 is 2.19 bits per heavy atom. The van der Waals surface area contributed by atoms with E-state index in [1.165, 1.54) is 5.57 Å². The van der Waals surface area contributed by atoms with Crippen molar-refractivity contribution >= 4 is 11.8 Å². The van der Waals surface area contributed by atoms with Gasteiger partial charge in [0.15, 0.2) is 5.69 Å². The van der Waals surface area contributed by atoms with Gasteiger partial charge in [-0.05, 0) is 50.1 Å². The fraction of sp³-hybridized carbons (Fsp3) is 0.273. The Kier molecular flexibility index (Phi) is 5.20. The van der Waals surface area contributed by atoms with E-state index in [9.17, 15) is 4.79 Å². The molecule has 0 fully saturated rings. The highest BCUT2D eigenvalue weighted by molar-refractivity contribution is 5.81. The van der Waals surface area contributed by atoms with Crippen LogP contribution in [-0.2, 0) is 19.5 Å². The molecule has 1 aromatic heterocycles. The zero-order valence-electron chi connectivity index (χ0n) is 15.5. The van der Waals surface area contributed by atoms with E-state index < -0.39 is 0 Å². The van der Waals surface area contributed by atoms with Gasteiger partial charge in [0.1, 0.15) is 0 Å². The summed E-state index contributed by atoms with van der Waals surface area (Å²) in [6.07, 6.45) is 8.66. The average Bonchev–Trinajstić information content (AvgIpc) is 3.04. The van der Waals surface area contributed by atoms with Crippen LogP contribution in [0.15, 0.2) is 46.9 Å². The van der Waals surface area contributed by atoms with Crippen LogP contribution in [-0.4, -0.2) is 11.6 Å². The molecule has 26 heavy (non-hydrogen) atoms. The van der Waals surface area contributed by atoms with Crippen LogP contribution >= 0.6 is 0 Å². The maximum Gasteiger partial charge on any atom is 0.254 e. The molecule has 1 N–H and O–H groups in total. The van der Waals surface area contributed by atoms with Gasteiger partial charge in [-0.3, -0.25) is 4.79 Å². The number of allylic oxidation sites excluding steroid dienone is 3. The van der Waals surface area contributed by atoms with Gasteiger partial charge in [0.05, 0.1) is 6.57 Å². The minimum atomic E-state index is 0.0761. The fourth-order valence-electron chi connectivity index (χ4n) is 3.41. The molecule has 0 saturated heterocycles. The van der Waals surface area contributed by atoms with Crippen LogP contribution in [0.2, 0.25) is 0 Å². The molecule has 3 rings (SSSR count). The Labute approximate surface area is 154 Å². The van der Waals surface area contributed by atoms with Crippen molar-refractivity contribution < 1.29 is 0 Å². The molecule has 1 aliphatic carbocycles. The zero-order chi connectivity index (χ0) is 18.7. The van der Waals surface area contributed by atoms with Crippen molar-refractivity contribution in [3.05, 3.63) is 80.6 Å². The molecule has 0 radical (unpaired) electrons. The van der Waals surface area contributed by atoms with Crippen molar-refractivity contribution in [2.24, 2.45) is 0 Å². The monoisotopic (exact) mass is 345 g/mol. The first kappa shape index (κ1) is 17.9. The molecule has 0 spiro atoms. The molecule has 0 aliphatic heterocycles. The molecule has 0 bridgehead atoms. The second kappa shape index (κ2) is 7.55. The first-order valence-electron chi connectivity index (χ1n) is 8.79. The van der Waals surface area contributed by atoms with E-state index >= 15 is 0 Å². The van der Waals surface area contributed by atoms with Gasteiger partial charge in [0.25, 0.3) is 5.56 Å². The van der Waals surface area contributed by atoms with Gasteiger partial charge in [-0.25, -0.2) is 4.85 Å². The zero-order valence-corrected chi connectivity index (χ0v) is 15.5. The third kappa shape index (κ3) is 3.26. The summed E-state index contributed by atoms with van der Waals surface area (Å²) in [6, 6.07) is 5.97. The van der Waals surface area contributed by atoms with E-state index in [4.69, 9.17) is 6.57 Å². The maximum absolute atomic E-state index is 12.8. The Hall–Kier alpha value is -2.90. The summed E-state index contributed by atoms with van der Waals surface area (Å²) in [5.74, 6) is 0. The number of benzene rings is 1. The summed E-state index contributed by atoms with van der Waals surface area (Å²) in [4.78, 5) is 16.5. The molecule has 1 aromatic carbocycles. The Morgan fingerprint density at radius 1 is 1.38 bits per heavy atom. The Bertz CT molecular complexity index is 1000. The summed E-state index contributed by atoms with van der Waals surface area (Å²) >= 11 is 0. The molecule has 0 saturated carbocycles. The van der Waals surface area contributed by atoms with Gasteiger partial charge >= 0.3 is 0 Å². The molecule has 4 nitrogen and oxygen atoms in total. The van der Waals surface area contributed by atoms with Crippen molar-refractivity contribution in [2.75, 3.05) is 7.05 Å². The molecular weight excluding hydrogens is 322 g/mol. The number of nitrogens with zero attached hydrogens (tertiary/aromatic N) is 2. The van der Waals surface area contributed by atoms with E-state index in [-0.39, 0.29) is 5.56 Å². The highest BCUT2D eigenvalue weighted by Crippen LogP contribution is 2.34. The molecule has 4 heteroatoms. The lowest BCUT2D eigenvalue weighted by Gasteiger charge is -2.14. The molecule has 132 valence electrons. The maximum atomic E-state index is 12.8. The third-order valence-corrected chi connectivity index (χ3v) is 4.69. The average molecular weight is 345 g/mol. The van der Waals surface area contributed by atoms with Crippen LogP contribution in [0.3, 0.4) is 0 Å². The first-order valence-corrected chi connectivity index (χ1v) is 8.79. The Balaban J connectivity index is 2.20. The molecule has 0 amide bonds. The summed E-state index contributed by atoms with van der Waals surface area (Å²) in [5.41, 5.74) is 6.75. The largest absolute Gasteiger partial charge is 0.317 e. The lowest BCUT2D eigenvalue weighted by Crippen LogP contribution is -2.23. The van der Waals surface area contributed by atoms with Crippen molar-refractivity contribution in [3.63, 3.8) is 0 Å². The summed E-state index contributed by atoms with van der Waals surface area (Å²) < 4.78 is 1.76. The van der Waals surface area contributed by atoms with Gasteiger partial charge in [-0.15, -0.1) is 0 Å². The van der Waals surface area contributed by atoms with Crippen molar-refractivity contribution in [1.82, 2.24) is 9.88 Å². The van der Waals surface area contributed by atoms with E-state index in [0.29, 0.717) is 25.2 Å². The highest BCUT2D eigenvalue weighted by atomic mass is 16.1. The minimum Gasteiger partial charge on any atom is -0.317 e. The van der Waals surface area contributed by atoms with Gasteiger partial charge in [-0.2, -0.15) is 0 Å². The number of aromatic nitrogens is 1. The topological polar surface area (TPSA) is 38.4 Å². The van der Waals surface area contributed by atoms with Crippen LogP contribution < -0.4 is 10.9 Å². The van der Waals surface area contributed by atoms with E-state index in [1.807, 2.05) is 50.5 Å². The van der Waals surface area contributed by atoms with Crippen LogP contribution in [0.5, 0.6) is 0 Å². The standard InChI is InChI=1S/C22H23N3O/c1-5-6-9-25-14-20(18-10-15(2)11-19(18)22(25)26)16-7-8-17(13-23-3)21(12-16)24-4/h5-8,10,12,14,23H,9,11,13H2,1-3H3/b6-5+. The predicted molar refractivity (Wildman–Crippen MR) is 107 cm³/mol. The second-order valence-corrected chi connectivity index (χ2v) is 6.61. The first-order chi connectivity index (χ1) is 12.6. The normalized spacial score (nSPS) is 12.9. The SMILES string of the molecule is [C-]#[N+]c1cc(-c2cn(C/C=C/C)c(=O)c3c2C=C(C)C3)ccc1CNC. The number of rotatable bonds is 5. The number of fused-ring (bicyclic) bond motifs is 1. The third-order valence-electron chi connectivity index (χ3n) is 4.69. The number of hydrogen-bond donors (Lipinski definition) is 1. The van der Waals surface area contributed by atoms with Gasteiger partial charge in [0.2, 0.25) is 0 Å². The highest BCUT2D eigenvalue weighted by Gasteiger charge is 2.20. The molecule has 2 aromatic rings. The molecule has 1 heterocycles. The Morgan fingerprint density at radius 3 is 2.88 bits per heavy atom. The summed E-state index contributed by atoms with van der Waals surface area (Å²) in [5, 5.41) is 3.10. The summed E-state index contributed by atoms with van der Waals surface area (Å²) in [6.45, 7) is 12.7. The van der Waals surface area contributed by atoms with Gasteiger partial charge in [0, 0.05) is 30.4 Å². The van der Waals surface area contributed by atoms with Crippen LogP contribution in [0, 0.1) is 6.57 Å². The van der Waals surface area contributed by atoms with Crippen LogP contribution in [0.1, 0.15) is 30.5 Å². The van der Waals surface area contributed by atoms with Crippen molar-refractivity contribution in [3.8, 4) is 11.1 Å². The predicted octanol–water partition coefficient (Wildman–Crippen LogP) is 4.32. The van der Waals surface area contributed by atoms with Gasteiger partial charge in [-0.1, -0.05) is 35.9 Å². The smallest absolute Gasteiger partial charge is 0.254 e.